The van der Waals surface area contributed by atoms with Gasteiger partial charge in [0.2, 0.25) is 0 Å². The summed E-state index contributed by atoms with van der Waals surface area (Å²) in [5.74, 6) is 0. The summed E-state index contributed by atoms with van der Waals surface area (Å²) in [5, 5.41) is 8.09. The van der Waals surface area contributed by atoms with Gasteiger partial charge in [-0.05, 0) is 44.4 Å². The highest BCUT2D eigenvalue weighted by Gasteiger charge is 2.10. The standard InChI is InChI=1S/C19H23N/c1-6-8-18(9-7-2)19(16(5)20)15(4)17-12-10-14(3)11-13-17/h6-13,20H,1H2,2-5H3/b9-7-,18-8+,19-15-,20-16?. The second-order valence-electron chi connectivity index (χ2n) is 4.85. The van der Waals surface area contributed by atoms with Crippen LogP contribution in [0.1, 0.15) is 31.9 Å². The minimum atomic E-state index is 0.564. The van der Waals surface area contributed by atoms with E-state index in [0.29, 0.717) is 5.71 Å². The summed E-state index contributed by atoms with van der Waals surface area (Å²) in [7, 11) is 0. The molecule has 0 aliphatic heterocycles. The zero-order chi connectivity index (χ0) is 15.1. The fourth-order valence-electron chi connectivity index (χ4n) is 2.19. The lowest BCUT2D eigenvalue weighted by molar-refractivity contribution is 1.40. The molecule has 1 rings (SSSR count). The van der Waals surface area contributed by atoms with E-state index in [0.717, 1.165) is 22.3 Å². The molecule has 1 aromatic carbocycles. The third kappa shape index (κ3) is 3.92. The maximum atomic E-state index is 8.09. The molecule has 1 heteroatoms. The topological polar surface area (TPSA) is 23.9 Å². The van der Waals surface area contributed by atoms with Crippen molar-refractivity contribution in [1.29, 1.82) is 5.41 Å². The average Bonchev–Trinajstić information content (AvgIpc) is 2.39. The molecule has 20 heavy (non-hydrogen) atoms. The van der Waals surface area contributed by atoms with Gasteiger partial charge in [-0.15, -0.1) is 0 Å². The number of allylic oxidation sites excluding steroid dienone is 7. The van der Waals surface area contributed by atoms with Crippen LogP contribution in [-0.4, -0.2) is 5.71 Å². The molecular weight excluding hydrogens is 242 g/mol. The van der Waals surface area contributed by atoms with Crippen LogP contribution in [0, 0.1) is 12.3 Å². The van der Waals surface area contributed by atoms with Crippen LogP contribution in [0.3, 0.4) is 0 Å². The minimum Gasteiger partial charge on any atom is -0.305 e. The molecule has 0 aliphatic carbocycles. The van der Waals surface area contributed by atoms with Crippen LogP contribution in [0.15, 0.2) is 66.3 Å². The van der Waals surface area contributed by atoms with Gasteiger partial charge in [0, 0.05) is 11.3 Å². The number of hydrogen-bond acceptors (Lipinski definition) is 1. The van der Waals surface area contributed by atoms with E-state index in [1.807, 2.05) is 32.1 Å². The summed E-state index contributed by atoms with van der Waals surface area (Å²) in [6, 6.07) is 8.41. The smallest absolute Gasteiger partial charge is 0.0364 e. The molecule has 1 nitrogen and oxygen atoms in total. The number of rotatable bonds is 5. The summed E-state index contributed by atoms with van der Waals surface area (Å²) < 4.78 is 0. The van der Waals surface area contributed by atoms with E-state index in [-0.39, 0.29) is 0 Å². The maximum Gasteiger partial charge on any atom is 0.0364 e. The van der Waals surface area contributed by atoms with Crippen LogP contribution in [0.2, 0.25) is 0 Å². The Labute approximate surface area is 122 Å². The van der Waals surface area contributed by atoms with Gasteiger partial charge in [-0.2, -0.15) is 0 Å². The number of hydrogen-bond donors (Lipinski definition) is 1. The van der Waals surface area contributed by atoms with Crippen LogP contribution < -0.4 is 0 Å². The van der Waals surface area contributed by atoms with Crippen molar-refractivity contribution >= 4 is 11.3 Å². The summed E-state index contributed by atoms with van der Waals surface area (Å²) >= 11 is 0. The van der Waals surface area contributed by atoms with Gasteiger partial charge in [0.1, 0.15) is 0 Å². The fourth-order valence-corrected chi connectivity index (χ4v) is 2.19. The Morgan fingerprint density at radius 1 is 1.15 bits per heavy atom. The first-order valence-electron chi connectivity index (χ1n) is 6.80. The highest BCUT2D eigenvalue weighted by molar-refractivity contribution is 6.07. The summed E-state index contributed by atoms with van der Waals surface area (Å²) in [4.78, 5) is 0. The van der Waals surface area contributed by atoms with Crippen molar-refractivity contribution in [2.75, 3.05) is 0 Å². The lowest BCUT2D eigenvalue weighted by atomic mass is 9.91. The summed E-state index contributed by atoms with van der Waals surface area (Å²) in [5.41, 5.74) is 6.06. The van der Waals surface area contributed by atoms with E-state index >= 15 is 0 Å². The maximum absolute atomic E-state index is 8.09. The monoisotopic (exact) mass is 265 g/mol. The Morgan fingerprint density at radius 2 is 1.75 bits per heavy atom. The van der Waals surface area contributed by atoms with E-state index < -0.39 is 0 Å². The molecule has 0 radical (unpaired) electrons. The zero-order valence-electron chi connectivity index (χ0n) is 12.8. The van der Waals surface area contributed by atoms with Gasteiger partial charge in [0.25, 0.3) is 0 Å². The fraction of sp³-hybridized carbons (Fsp3) is 0.211. The largest absolute Gasteiger partial charge is 0.305 e. The van der Waals surface area contributed by atoms with Crippen molar-refractivity contribution in [2.45, 2.75) is 27.7 Å². The average molecular weight is 265 g/mol. The lowest BCUT2D eigenvalue weighted by Gasteiger charge is -2.13. The van der Waals surface area contributed by atoms with E-state index in [9.17, 15) is 0 Å². The minimum absolute atomic E-state index is 0.564. The molecule has 0 atom stereocenters. The Kier molecular flexibility index (Phi) is 5.92. The first kappa shape index (κ1) is 15.9. The van der Waals surface area contributed by atoms with Crippen molar-refractivity contribution in [3.8, 4) is 0 Å². The first-order chi connectivity index (χ1) is 9.51. The van der Waals surface area contributed by atoms with Gasteiger partial charge in [0.05, 0.1) is 0 Å². The molecule has 0 bridgehead atoms. The van der Waals surface area contributed by atoms with Crippen molar-refractivity contribution in [1.82, 2.24) is 0 Å². The van der Waals surface area contributed by atoms with Gasteiger partial charge in [0.15, 0.2) is 0 Å². The van der Waals surface area contributed by atoms with Crippen molar-refractivity contribution < 1.29 is 0 Å². The lowest BCUT2D eigenvalue weighted by Crippen LogP contribution is -2.02. The van der Waals surface area contributed by atoms with E-state index in [1.54, 1.807) is 6.08 Å². The van der Waals surface area contributed by atoms with Crippen LogP contribution in [-0.2, 0) is 0 Å². The summed E-state index contributed by atoms with van der Waals surface area (Å²) in [6.07, 6.45) is 7.72. The van der Waals surface area contributed by atoms with Crippen LogP contribution in [0.5, 0.6) is 0 Å². The van der Waals surface area contributed by atoms with Gasteiger partial charge < -0.3 is 5.41 Å². The van der Waals surface area contributed by atoms with Crippen LogP contribution >= 0.6 is 0 Å². The molecule has 104 valence electrons. The molecule has 0 fully saturated rings. The van der Waals surface area contributed by atoms with Gasteiger partial charge >= 0.3 is 0 Å². The van der Waals surface area contributed by atoms with Gasteiger partial charge in [-0.25, -0.2) is 0 Å². The van der Waals surface area contributed by atoms with Crippen molar-refractivity contribution in [3.05, 3.63) is 77.4 Å². The normalized spacial score (nSPS) is 13.3. The molecule has 1 aromatic rings. The van der Waals surface area contributed by atoms with Gasteiger partial charge in [-0.1, -0.05) is 60.7 Å². The van der Waals surface area contributed by atoms with Crippen LogP contribution in [0.25, 0.3) is 5.57 Å². The molecular formula is C19H23N. The molecule has 0 heterocycles. The highest BCUT2D eigenvalue weighted by atomic mass is 14.4. The predicted molar refractivity (Wildman–Crippen MR) is 90.3 cm³/mol. The molecule has 0 aromatic heterocycles. The zero-order valence-corrected chi connectivity index (χ0v) is 12.8. The Balaban J connectivity index is 3.47. The third-order valence-corrected chi connectivity index (χ3v) is 3.17. The first-order valence-corrected chi connectivity index (χ1v) is 6.80. The summed E-state index contributed by atoms with van der Waals surface area (Å²) in [6.45, 7) is 11.7. The van der Waals surface area contributed by atoms with E-state index in [4.69, 9.17) is 5.41 Å². The number of nitrogens with one attached hydrogen (secondary N) is 1. The van der Waals surface area contributed by atoms with Crippen LogP contribution in [0.4, 0.5) is 0 Å². The third-order valence-electron chi connectivity index (χ3n) is 3.17. The van der Waals surface area contributed by atoms with E-state index in [1.165, 1.54) is 5.56 Å². The molecule has 0 unspecified atom stereocenters. The quantitative estimate of drug-likeness (QED) is 0.537. The van der Waals surface area contributed by atoms with Crippen molar-refractivity contribution in [3.63, 3.8) is 0 Å². The van der Waals surface area contributed by atoms with Crippen molar-refractivity contribution in [2.24, 2.45) is 0 Å². The highest BCUT2D eigenvalue weighted by Crippen LogP contribution is 2.25. The molecule has 1 N–H and O–H groups in total. The second kappa shape index (κ2) is 7.44. The van der Waals surface area contributed by atoms with Gasteiger partial charge in [-0.3, -0.25) is 0 Å². The molecule has 0 aliphatic rings. The molecule has 0 spiro atoms. The second-order valence-corrected chi connectivity index (χ2v) is 4.85. The Hall–Kier alpha value is -2.15. The molecule has 0 amide bonds. The van der Waals surface area contributed by atoms with E-state index in [2.05, 4.69) is 44.7 Å². The number of benzene rings is 1. The Bertz CT molecular complexity index is 581. The molecule has 0 saturated heterocycles. The predicted octanol–water partition coefficient (Wildman–Crippen LogP) is 5.50. The molecule has 0 saturated carbocycles. The number of aryl methyl sites for hydroxylation is 1. The Morgan fingerprint density at radius 3 is 2.20 bits per heavy atom. The SMILES string of the molecule is C=C/C=C(\C=C/C)C(/C(C)=N)=C(/C)c1ccc(C)cc1.